The van der Waals surface area contributed by atoms with Gasteiger partial charge in [0.15, 0.2) is 0 Å². The lowest BCUT2D eigenvalue weighted by Crippen LogP contribution is -2.52. The summed E-state index contributed by atoms with van der Waals surface area (Å²) in [5, 5.41) is 6.59. The Bertz CT molecular complexity index is 766. The van der Waals surface area contributed by atoms with Crippen molar-refractivity contribution in [3.05, 3.63) is 30.5 Å². The molecule has 136 valence electrons. The van der Waals surface area contributed by atoms with Crippen LogP contribution in [0.15, 0.2) is 30.5 Å². The summed E-state index contributed by atoms with van der Waals surface area (Å²) in [5.74, 6) is -0.184. The molecule has 0 radical (unpaired) electrons. The Labute approximate surface area is 153 Å². The molecule has 1 heterocycles. The smallest absolute Gasteiger partial charge is 0.244 e. The first-order valence-corrected chi connectivity index (χ1v) is 8.42. The van der Waals surface area contributed by atoms with Gasteiger partial charge in [-0.1, -0.05) is 25.3 Å². The molecule has 0 atom stereocenters. The summed E-state index contributed by atoms with van der Waals surface area (Å²) < 4.78 is 1.86. The van der Waals surface area contributed by atoms with Crippen LogP contribution in [0.1, 0.15) is 32.1 Å². The van der Waals surface area contributed by atoms with Gasteiger partial charge < -0.3 is 20.9 Å². The monoisotopic (exact) mass is 364 g/mol. The third kappa shape index (κ3) is 4.14. The minimum absolute atomic E-state index is 0. The van der Waals surface area contributed by atoms with E-state index in [-0.39, 0.29) is 30.8 Å². The third-order valence-electron chi connectivity index (χ3n) is 4.82. The Morgan fingerprint density at radius 2 is 1.92 bits per heavy atom. The van der Waals surface area contributed by atoms with Gasteiger partial charge in [0.1, 0.15) is 6.54 Å². The molecule has 1 aliphatic rings. The predicted molar refractivity (Wildman–Crippen MR) is 102 cm³/mol. The first kappa shape index (κ1) is 19.3. The number of carbonyl (C=O) groups excluding carboxylic acids is 2. The molecule has 1 fully saturated rings. The van der Waals surface area contributed by atoms with E-state index < -0.39 is 5.54 Å². The van der Waals surface area contributed by atoms with Crippen LogP contribution >= 0.6 is 12.4 Å². The summed E-state index contributed by atoms with van der Waals surface area (Å²) in [6.07, 6.45) is 6.47. The summed E-state index contributed by atoms with van der Waals surface area (Å²) >= 11 is 0. The number of hydrogen-bond acceptors (Lipinski definition) is 3. The number of aromatic nitrogens is 1. The second-order valence-electron chi connectivity index (χ2n) is 6.56. The highest BCUT2D eigenvalue weighted by atomic mass is 35.5. The highest BCUT2D eigenvalue weighted by Gasteiger charge is 2.35. The molecule has 2 aromatic rings. The number of likely N-dealkylation sites (N-methyl/N-ethyl adjacent to an activating group) is 1. The summed E-state index contributed by atoms with van der Waals surface area (Å²) in [4.78, 5) is 24.2. The average molecular weight is 365 g/mol. The first-order valence-electron chi connectivity index (χ1n) is 8.42. The summed E-state index contributed by atoms with van der Waals surface area (Å²) in [5.41, 5.74) is 7.14. The molecule has 0 unspecified atom stereocenters. The van der Waals surface area contributed by atoms with E-state index in [9.17, 15) is 9.59 Å². The lowest BCUT2D eigenvalue weighted by Gasteiger charge is -2.31. The zero-order valence-corrected chi connectivity index (χ0v) is 15.2. The van der Waals surface area contributed by atoms with Gasteiger partial charge in [-0.05, 0) is 36.4 Å². The minimum atomic E-state index is -0.767. The fraction of sp³-hybridized carbons (Fsp3) is 0.444. The van der Waals surface area contributed by atoms with Crippen LogP contribution in [-0.2, 0) is 16.1 Å². The number of fused-ring (bicyclic) bond motifs is 1. The van der Waals surface area contributed by atoms with Gasteiger partial charge in [0, 0.05) is 18.9 Å². The molecular weight excluding hydrogens is 340 g/mol. The molecule has 6 nitrogen and oxygen atoms in total. The van der Waals surface area contributed by atoms with Crippen molar-refractivity contribution in [3.63, 3.8) is 0 Å². The number of halogens is 1. The lowest BCUT2D eigenvalue weighted by atomic mass is 9.82. The standard InChI is InChI=1S/C18H24N4O2.ClH/c1-20-16(23)12-22-10-7-13-5-6-14(11-15(13)22)21-17(24)18(19)8-3-2-4-9-18;/h5-7,10-11H,2-4,8-9,12,19H2,1H3,(H,20,23)(H,21,24);1H. The molecule has 0 spiro atoms. The quantitative estimate of drug-likeness (QED) is 0.778. The minimum Gasteiger partial charge on any atom is -0.358 e. The first-order chi connectivity index (χ1) is 11.5. The number of rotatable bonds is 4. The molecule has 1 saturated carbocycles. The lowest BCUT2D eigenvalue weighted by molar-refractivity contribution is -0.122. The molecule has 4 N–H and O–H groups in total. The largest absolute Gasteiger partial charge is 0.358 e. The van der Waals surface area contributed by atoms with Crippen LogP contribution in [0.4, 0.5) is 5.69 Å². The topological polar surface area (TPSA) is 89.2 Å². The molecule has 3 rings (SSSR count). The number of nitrogens with zero attached hydrogens (tertiary/aromatic N) is 1. The second-order valence-corrected chi connectivity index (χ2v) is 6.56. The van der Waals surface area contributed by atoms with E-state index in [1.807, 2.05) is 35.0 Å². The normalized spacial score (nSPS) is 16.1. The van der Waals surface area contributed by atoms with Gasteiger partial charge in [-0.25, -0.2) is 0 Å². The molecule has 2 amide bonds. The molecule has 25 heavy (non-hydrogen) atoms. The maximum Gasteiger partial charge on any atom is 0.244 e. The highest BCUT2D eigenvalue weighted by Crippen LogP contribution is 2.28. The van der Waals surface area contributed by atoms with Crippen LogP contribution in [0.5, 0.6) is 0 Å². The summed E-state index contributed by atoms with van der Waals surface area (Å²) in [6.45, 7) is 0.248. The fourth-order valence-electron chi connectivity index (χ4n) is 3.30. The molecule has 0 bridgehead atoms. The van der Waals surface area contributed by atoms with Crippen LogP contribution in [0, 0.1) is 0 Å². The van der Waals surface area contributed by atoms with Crippen molar-refractivity contribution in [2.24, 2.45) is 5.73 Å². The Balaban J connectivity index is 0.00000225. The van der Waals surface area contributed by atoms with Gasteiger partial charge >= 0.3 is 0 Å². The maximum absolute atomic E-state index is 12.6. The zero-order chi connectivity index (χ0) is 17.2. The molecule has 1 aliphatic carbocycles. The van der Waals surface area contributed by atoms with Gasteiger partial charge in [0.05, 0.1) is 11.1 Å². The Kier molecular flexibility index (Phi) is 6.08. The van der Waals surface area contributed by atoms with Crippen LogP contribution in [0.2, 0.25) is 0 Å². The van der Waals surface area contributed by atoms with E-state index in [2.05, 4.69) is 10.6 Å². The van der Waals surface area contributed by atoms with Crippen LogP contribution in [-0.4, -0.2) is 29.0 Å². The molecule has 0 aliphatic heterocycles. The number of carbonyl (C=O) groups is 2. The number of anilines is 1. The van der Waals surface area contributed by atoms with Gasteiger partial charge in [-0.15, -0.1) is 12.4 Å². The van der Waals surface area contributed by atoms with Crippen molar-refractivity contribution >= 4 is 40.8 Å². The SMILES string of the molecule is CNC(=O)Cn1ccc2ccc(NC(=O)C3(N)CCCCC3)cc21.Cl. The van der Waals surface area contributed by atoms with Crippen molar-refractivity contribution in [2.75, 3.05) is 12.4 Å². The molecular formula is C18H25ClN4O2. The van der Waals surface area contributed by atoms with Crippen LogP contribution < -0.4 is 16.4 Å². The number of nitrogens with one attached hydrogen (secondary N) is 2. The zero-order valence-electron chi connectivity index (χ0n) is 14.4. The number of hydrogen-bond donors (Lipinski definition) is 3. The summed E-state index contributed by atoms with van der Waals surface area (Å²) in [7, 11) is 1.62. The second kappa shape index (κ2) is 7.89. The van der Waals surface area contributed by atoms with Crippen molar-refractivity contribution in [3.8, 4) is 0 Å². The van der Waals surface area contributed by atoms with E-state index in [0.29, 0.717) is 5.69 Å². The van der Waals surface area contributed by atoms with E-state index >= 15 is 0 Å². The van der Waals surface area contributed by atoms with Crippen LogP contribution in [0.3, 0.4) is 0 Å². The van der Waals surface area contributed by atoms with E-state index in [4.69, 9.17) is 5.73 Å². The van der Waals surface area contributed by atoms with Gasteiger partial charge in [0.25, 0.3) is 0 Å². The Morgan fingerprint density at radius 3 is 2.60 bits per heavy atom. The van der Waals surface area contributed by atoms with E-state index in [1.54, 1.807) is 7.05 Å². The van der Waals surface area contributed by atoms with Crippen molar-refractivity contribution in [1.29, 1.82) is 0 Å². The molecule has 1 aromatic carbocycles. The van der Waals surface area contributed by atoms with Crippen molar-refractivity contribution in [2.45, 2.75) is 44.2 Å². The Morgan fingerprint density at radius 1 is 1.20 bits per heavy atom. The third-order valence-corrected chi connectivity index (χ3v) is 4.82. The number of amides is 2. The Hall–Kier alpha value is -2.05. The van der Waals surface area contributed by atoms with Gasteiger partial charge in [-0.2, -0.15) is 0 Å². The van der Waals surface area contributed by atoms with Crippen molar-refractivity contribution in [1.82, 2.24) is 9.88 Å². The predicted octanol–water partition coefficient (Wildman–Crippen LogP) is 2.41. The average Bonchev–Trinajstić information content (AvgIpc) is 2.97. The van der Waals surface area contributed by atoms with E-state index in [1.165, 1.54) is 0 Å². The maximum atomic E-state index is 12.6. The molecule has 0 saturated heterocycles. The molecule has 1 aromatic heterocycles. The number of benzene rings is 1. The summed E-state index contributed by atoms with van der Waals surface area (Å²) in [6, 6.07) is 7.66. The molecule has 7 heteroatoms. The van der Waals surface area contributed by atoms with Gasteiger partial charge in [-0.3, -0.25) is 9.59 Å². The van der Waals surface area contributed by atoms with E-state index in [0.717, 1.165) is 43.0 Å². The van der Waals surface area contributed by atoms with Crippen molar-refractivity contribution < 1.29 is 9.59 Å². The van der Waals surface area contributed by atoms with Crippen LogP contribution in [0.25, 0.3) is 10.9 Å². The number of nitrogens with two attached hydrogens (primary N) is 1. The highest BCUT2D eigenvalue weighted by molar-refractivity contribution is 5.99. The van der Waals surface area contributed by atoms with Gasteiger partial charge in [0.2, 0.25) is 11.8 Å². The fourth-order valence-corrected chi connectivity index (χ4v) is 3.30.